The minimum atomic E-state index is -1.30. The maximum Gasteiger partial charge on any atom is 0.326 e. The number of nitrogens with one attached hydrogen (secondary N) is 2. The molecule has 0 bridgehead atoms. The van der Waals surface area contributed by atoms with E-state index in [1.54, 1.807) is 13.8 Å². The molecule has 0 aromatic carbocycles. The molecule has 4 atom stereocenters. The van der Waals surface area contributed by atoms with Crippen molar-refractivity contribution in [1.29, 1.82) is 0 Å². The van der Waals surface area contributed by atoms with Gasteiger partial charge in [-0.1, -0.05) is 20.3 Å². The zero-order valence-electron chi connectivity index (χ0n) is 17.7. The van der Waals surface area contributed by atoms with Crippen molar-refractivity contribution in [3.05, 3.63) is 0 Å². The molecule has 0 aliphatic carbocycles. The van der Waals surface area contributed by atoms with Gasteiger partial charge < -0.3 is 37.2 Å². The fourth-order valence-electron chi connectivity index (χ4n) is 3.37. The number of aliphatic hydroxyl groups excluding tert-OH is 1. The number of hydrogen-bond acceptors (Lipinski definition) is 7. The highest BCUT2D eigenvalue weighted by molar-refractivity contribution is 5.94. The summed E-state index contributed by atoms with van der Waals surface area (Å²) in [5, 5.41) is 23.9. The standard InChI is InChI=1S/C19H35N5O6/c1-11(2)15(23-16(26)12(21)6-3-4-8-20)17(27)22-13(10-25)18(28)24-9-5-7-14(24)19(29)30/h11-15,25H,3-10,20-21H2,1-2H3,(H,22,27)(H,23,26)(H,29,30). The van der Waals surface area contributed by atoms with Crippen molar-refractivity contribution >= 4 is 23.7 Å². The van der Waals surface area contributed by atoms with E-state index in [0.717, 1.165) is 11.3 Å². The van der Waals surface area contributed by atoms with E-state index in [4.69, 9.17) is 11.5 Å². The van der Waals surface area contributed by atoms with Crippen LogP contribution in [0.5, 0.6) is 0 Å². The van der Waals surface area contributed by atoms with Crippen LogP contribution in [0.1, 0.15) is 46.0 Å². The lowest BCUT2D eigenvalue weighted by molar-refractivity contribution is -0.150. The van der Waals surface area contributed by atoms with Crippen molar-refractivity contribution in [3.63, 3.8) is 0 Å². The lowest BCUT2D eigenvalue weighted by atomic mass is 10.0. The second kappa shape index (κ2) is 12.5. The molecule has 8 N–H and O–H groups in total. The molecule has 0 radical (unpaired) electrons. The van der Waals surface area contributed by atoms with Crippen LogP contribution in [0.25, 0.3) is 0 Å². The fraction of sp³-hybridized carbons (Fsp3) is 0.789. The number of carbonyl (C=O) groups excluding carboxylic acids is 3. The zero-order chi connectivity index (χ0) is 22.8. The Morgan fingerprint density at radius 2 is 1.80 bits per heavy atom. The molecule has 3 amide bonds. The predicted molar refractivity (Wildman–Crippen MR) is 109 cm³/mol. The second-order valence-corrected chi connectivity index (χ2v) is 7.89. The number of aliphatic hydroxyl groups is 1. The van der Waals surface area contributed by atoms with E-state index in [2.05, 4.69) is 10.6 Å². The van der Waals surface area contributed by atoms with Crippen LogP contribution in [-0.2, 0) is 19.2 Å². The number of carboxylic acid groups (broad SMARTS) is 1. The van der Waals surface area contributed by atoms with E-state index in [0.29, 0.717) is 32.2 Å². The predicted octanol–water partition coefficient (Wildman–Crippen LogP) is -1.86. The van der Waals surface area contributed by atoms with Gasteiger partial charge in [0, 0.05) is 6.54 Å². The summed E-state index contributed by atoms with van der Waals surface area (Å²) >= 11 is 0. The van der Waals surface area contributed by atoms with Gasteiger partial charge in [0.15, 0.2) is 0 Å². The number of carbonyl (C=O) groups is 4. The molecule has 172 valence electrons. The highest BCUT2D eigenvalue weighted by atomic mass is 16.4. The Bertz CT molecular complexity index is 614. The van der Waals surface area contributed by atoms with Crippen LogP contribution < -0.4 is 22.1 Å². The largest absolute Gasteiger partial charge is 0.480 e. The molecule has 1 aliphatic rings. The van der Waals surface area contributed by atoms with Gasteiger partial charge in [-0.25, -0.2) is 4.79 Å². The smallest absolute Gasteiger partial charge is 0.326 e. The van der Waals surface area contributed by atoms with Crippen molar-refractivity contribution < 1.29 is 29.4 Å². The van der Waals surface area contributed by atoms with E-state index in [1.807, 2.05) is 0 Å². The number of hydrogen-bond donors (Lipinski definition) is 6. The van der Waals surface area contributed by atoms with E-state index >= 15 is 0 Å². The molecule has 11 heteroatoms. The molecule has 1 fully saturated rings. The molecular weight excluding hydrogens is 394 g/mol. The van der Waals surface area contributed by atoms with Crippen LogP contribution in [-0.4, -0.2) is 82.7 Å². The Labute approximate surface area is 176 Å². The van der Waals surface area contributed by atoms with Crippen LogP contribution in [0.4, 0.5) is 0 Å². The van der Waals surface area contributed by atoms with Gasteiger partial charge in [-0.2, -0.15) is 0 Å². The van der Waals surface area contributed by atoms with Crippen LogP contribution >= 0.6 is 0 Å². The number of aliphatic carboxylic acids is 1. The maximum absolute atomic E-state index is 12.7. The summed E-state index contributed by atoms with van der Waals surface area (Å²) in [4.78, 5) is 50.2. The number of carboxylic acids is 1. The highest BCUT2D eigenvalue weighted by Gasteiger charge is 2.38. The Hall–Kier alpha value is -2.24. The van der Waals surface area contributed by atoms with Gasteiger partial charge in [0.1, 0.15) is 18.1 Å². The number of nitrogens with two attached hydrogens (primary N) is 2. The van der Waals surface area contributed by atoms with Crippen molar-refractivity contribution in [2.75, 3.05) is 19.7 Å². The second-order valence-electron chi connectivity index (χ2n) is 7.89. The topological polar surface area (TPSA) is 188 Å². The summed E-state index contributed by atoms with van der Waals surface area (Å²) in [5.41, 5.74) is 11.3. The molecule has 0 aromatic heterocycles. The van der Waals surface area contributed by atoms with E-state index in [1.165, 1.54) is 0 Å². The molecule has 0 saturated carbocycles. The third-order valence-electron chi connectivity index (χ3n) is 5.17. The molecule has 1 heterocycles. The molecule has 4 unspecified atom stereocenters. The Kier molecular flexibility index (Phi) is 10.7. The Morgan fingerprint density at radius 1 is 1.13 bits per heavy atom. The molecule has 0 aromatic rings. The first-order valence-electron chi connectivity index (χ1n) is 10.3. The number of amides is 3. The molecular formula is C19H35N5O6. The lowest BCUT2D eigenvalue weighted by Gasteiger charge is -2.29. The number of unbranched alkanes of at least 4 members (excludes halogenated alkanes) is 1. The molecule has 1 saturated heterocycles. The van der Waals surface area contributed by atoms with Gasteiger partial charge in [-0.05, 0) is 38.1 Å². The maximum atomic E-state index is 12.7. The van der Waals surface area contributed by atoms with E-state index in [9.17, 15) is 29.4 Å². The first kappa shape index (κ1) is 25.8. The molecule has 1 rings (SSSR count). The first-order valence-corrected chi connectivity index (χ1v) is 10.3. The minimum absolute atomic E-state index is 0.240. The van der Waals surface area contributed by atoms with Gasteiger partial charge in [0.2, 0.25) is 17.7 Å². The molecule has 0 spiro atoms. The molecule has 1 aliphatic heterocycles. The number of rotatable bonds is 12. The lowest BCUT2D eigenvalue weighted by Crippen LogP contribution is -2.59. The number of likely N-dealkylation sites (tertiary alicyclic amines) is 1. The average Bonchev–Trinajstić information content (AvgIpc) is 3.19. The molecule has 11 nitrogen and oxygen atoms in total. The van der Waals surface area contributed by atoms with Crippen molar-refractivity contribution in [1.82, 2.24) is 15.5 Å². The normalized spacial score (nSPS) is 19.3. The van der Waals surface area contributed by atoms with Crippen molar-refractivity contribution in [2.45, 2.75) is 70.1 Å². The summed E-state index contributed by atoms with van der Waals surface area (Å²) in [7, 11) is 0. The highest BCUT2D eigenvalue weighted by Crippen LogP contribution is 2.18. The van der Waals surface area contributed by atoms with Gasteiger partial charge in [0.05, 0.1) is 12.6 Å². The van der Waals surface area contributed by atoms with Crippen LogP contribution in [0, 0.1) is 5.92 Å². The summed E-state index contributed by atoms with van der Waals surface area (Å²) in [6, 6.07) is -4.03. The molecule has 30 heavy (non-hydrogen) atoms. The van der Waals surface area contributed by atoms with Gasteiger partial charge in [-0.3, -0.25) is 14.4 Å². The van der Waals surface area contributed by atoms with Crippen molar-refractivity contribution in [2.24, 2.45) is 17.4 Å². The summed E-state index contributed by atoms with van der Waals surface area (Å²) in [5.74, 6) is -3.23. The summed E-state index contributed by atoms with van der Waals surface area (Å²) in [6.45, 7) is 3.50. The van der Waals surface area contributed by atoms with Gasteiger partial charge >= 0.3 is 5.97 Å². The van der Waals surface area contributed by atoms with Crippen LogP contribution in [0.3, 0.4) is 0 Å². The Morgan fingerprint density at radius 3 is 2.33 bits per heavy atom. The summed E-state index contributed by atoms with van der Waals surface area (Å²) < 4.78 is 0. The fourth-order valence-corrected chi connectivity index (χ4v) is 3.37. The van der Waals surface area contributed by atoms with Gasteiger partial charge in [0.25, 0.3) is 0 Å². The van der Waals surface area contributed by atoms with Crippen molar-refractivity contribution in [3.8, 4) is 0 Å². The monoisotopic (exact) mass is 429 g/mol. The van der Waals surface area contributed by atoms with E-state index in [-0.39, 0.29) is 12.5 Å². The minimum Gasteiger partial charge on any atom is -0.480 e. The van der Waals surface area contributed by atoms with Gasteiger partial charge in [-0.15, -0.1) is 0 Å². The SMILES string of the molecule is CC(C)C(NC(=O)C(N)CCCCN)C(=O)NC(CO)C(=O)N1CCCC1C(=O)O. The number of nitrogens with zero attached hydrogens (tertiary/aromatic N) is 1. The van der Waals surface area contributed by atoms with Crippen LogP contribution in [0.2, 0.25) is 0 Å². The zero-order valence-corrected chi connectivity index (χ0v) is 17.7. The third-order valence-corrected chi connectivity index (χ3v) is 5.17. The van der Waals surface area contributed by atoms with E-state index < -0.39 is 54.5 Å². The third kappa shape index (κ3) is 7.22. The quantitative estimate of drug-likeness (QED) is 0.195. The van der Waals surface area contributed by atoms with Crippen LogP contribution in [0.15, 0.2) is 0 Å². The Balaban J connectivity index is 2.77. The first-order chi connectivity index (χ1) is 14.1. The summed E-state index contributed by atoms with van der Waals surface area (Å²) in [6.07, 6.45) is 2.70. The average molecular weight is 430 g/mol.